The van der Waals surface area contributed by atoms with Crippen LogP contribution in [0.2, 0.25) is 0 Å². The lowest BCUT2D eigenvalue weighted by molar-refractivity contribution is -0.117. The zero-order valence-electron chi connectivity index (χ0n) is 9.27. The molecule has 1 aliphatic rings. The number of amides is 1. The van der Waals surface area contributed by atoms with Crippen LogP contribution in [0.25, 0.3) is 0 Å². The molecule has 1 amide bonds. The van der Waals surface area contributed by atoms with Crippen LogP contribution in [0.4, 0.5) is 5.13 Å². The van der Waals surface area contributed by atoms with Gasteiger partial charge in [0, 0.05) is 18.9 Å². The Hall–Kier alpha value is -1.32. The van der Waals surface area contributed by atoms with Crippen molar-refractivity contribution in [2.24, 2.45) is 11.1 Å². The van der Waals surface area contributed by atoms with E-state index in [1.807, 2.05) is 0 Å². The molecule has 2 rings (SSSR count). The number of sulfonamides is 1. The van der Waals surface area contributed by atoms with Gasteiger partial charge in [-0.3, -0.25) is 14.5 Å². The fourth-order valence-corrected chi connectivity index (χ4v) is 3.50. The predicted molar refractivity (Wildman–Crippen MR) is 65.9 cm³/mol. The molecule has 1 unspecified atom stereocenters. The van der Waals surface area contributed by atoms with E-state index in [1.54, 1.807) is 0 Å². The molecule has 1 aliphatic heterocycles. The number of carbonyl (C=O) groups excluding carboxylic acids is 2. The van der Waals surface area contributed by atoms with E-state index in [0.717, 1.165) is 11.3 Å². The first-order valence-electron chi connectivity index (χ1n) is 5.11. The highest BCUT2D eigenvalue weighted by Crippen LogP contribution is 2.28. The smallest absolute Gasteiger partial charge is 0.229 e. The second kappa shape index (κ2) is 4.75. The molecule has 1 fully saturated rings. The lowest BCUT2D eigenvalue weighted by atomic mass is 10.1. The minimum absolute atomic E-state index is 0.131. The average molecular weight is 289 g/mol. The van der Waals surface area contributed by atoms with Crippen LogP contribution >= 0.6 is 11.3 Å². The summed E-state index contributed by atoms with van der Waals surface area (Å²) in [5.74, 6) is -0.743. The van der Waals surface area contributed by atoms with E-state index in [4.69, 9.17) is 5.14 Å². The van der Waals surface area contributed by atoms with E-state index >= 15 is 0 Å². The number of rotatable bonds is 4. The topological polar surface area (TPSA) is 110 Å². The Kier molecular flexibility index (Phi) is 3.46. The molecule has 0 saturated carbocycles. The van der Waals surface area contributed by atoms with Crippen molar-refractivity contribution in [2.75, 3.05) is 17.2 Å². The molecule has 7 nitrogen and oxygen atoms in total. The van der Waals surface area contributed by atoms with Gasteiger partial charge in [0.25, 0.3) is 0 Å². The first kappa shape index (κ1) is 13.1. The Morgan fingerprint density at radius 1 is 1.61 bits per heavy atom. The Balaban J connectivity index is 2.12. The molecule has 0 bridgehead atoms. The normalized spacial score (nSPS) is 20.4. The van der Waals surface area contributed by atoms with Crippen LogP contribution in [0.3, 0.4) is 0 Å². The van der Waals surface area contributed by atoms with E-state index in [-0.39, 0.29) is 30.5 Å². The zero-order valence-corrected chi connectivity index (χ0v) is 10.9. The van der Waals surface area contributed by atoms with Crippen molar-refractivity contribution in [2.45, 2.75) is 6.42 Å². The van der Waals surface area contributed by atoms with Crippen LogP contribution in [0.15, 0.2) is 6.20 Å². The maximum atomic E-state index is 11.7. The number of aromatic nitrogens is 1. The number of aldehydes is 1. The number of nitrogens with zero attached hydrogens (tertiary/aromatic N) is 2. The fourth-order valence-electron chi connectivity index (χ4n) is 1.86. The molecular formula is C9H11N3O4S2. The monoisotopic (exact) mass is 289 g/mol. The minimum atomic E-state index is -3.59. The maximum absolute atomic E-state index is 11.7. The summed E-state index contributed by atoms with van der Waals surface area (Å²) in [6.07, 6.45) is 2.17. The molecule has 0 aliphatic carbocycles. The van der Waals surface area contributed by atoms with Crippen LogP contribution in [0.1, 0.15) is 16.1 Å². The second-order valence-corrected chi connectivity index (χ2v) is 6.77. The largest absolute Gasteiger partial charge is 0.297 e. The molecule has 98 valence electrons. The second-order valence-electron chi connectivity index (χ2n) is 4.07. The number of primary sulfonamides is 1. The van der Waals surface area contributed by atoms with Gasteiger partial charge in [0.1, 0.15) is 0 Å². The molecule has 0 radical (unpaired) electrons. The van der Waals surface area contributed by atoms with Crippen LogP contribution in [-0.2, 0) is 14.8 Å². The number of hydrogen-bond acceptors (Lipinski definition) is 6. The summed E-state index contributed by atoms with van der Waals surface area (Å²) in [6, 6.07) is 0. The quantitative estimate of drug-likeness (QED) is 0.758. The predicted octanol–water partition coefficient (Wildman–Crippen LogP) is -0.403. The van der Waals surface area contributed by atoms with E-state index < -0.39 is 10.0 Å². The highest BCUT2D eigenvalue weighted by atomic mass is 32.2. The van der Waals surface area contributed by atoms with Crippen LogP contribution in [-0.4, -0.2) is 37.9 Å². The Bertz CT molecular complexity index is 580. The van der Waals surface area contributed by atoms with Crippen molar-refractivity contribution in [3.05, 3.63) is 11.1 Å². The molecule has 2 N–H and O–H groups in total. The Morgan fingerprint density at radius 2 is 2.33 bits per heavy atom. The van der Waals surface area contributed by atoms with Gasteiger partial charge in [0.05, 0.1) is 16.8 Å². The van der Waals surface area contributed by atoms with Gasteiger partial charge in [-0.1, -0.05) is 11.3 Å². The van der Waals surface area contributed by atoms with Crippen LogP contribution in [0.5, 0.6) is 0 Å². The van der Waals surface area contributed by atoms with Gasteiger partial charge in [-0.25, -0.2) is 18.5 Å². The molecule has 2 heterocycles. The van der Waals surface area contributed by atoms with Crippen LogP contribution < -0.4 is 10.0 Å². The summed E-state index contributed by atoms with van der Waals surface area (Å²) in [6.45, 7) is 0.265. The van der Waals surface area contributed by atoms with Crippen molar-refractivity contribution >= 4 is 38.7 Å². The van der Waals surface area contributed by atoms with Crippen molar-refractivity contribution in [1.82, 2.24) is 4.98 Å². The molecule has 0 aromatic carbocycles. The lowest BCUT2D eigenvalue weighted by Gasteiger charge is -2.12. The number of nitrogens with two attached hydrogens (primary N) is 1. The van der Waals surface area contributed by atoms with Crippen LogP contribution in [0, 0.1) is 5.92 Å². The zero-order chi connectivity index (χ0) is 13.3. The summed E-state index contributed by atoms with van der Waals surface area (Å²) in [7, 11) is -3.59. The van der Waals surface area contributed by atoms with E-state index in [1.165, 1.54) is 11.1 Å². The van der Waals surface area contributed by atoms with Gasteiger partial charge < -0.3 is 0 Å². The van der Waals surface area contributed by atoms with Crippen molar-refractivity contribution in [3.8, 4) is 0 Å². The fraction of sp³-hybridized carbons (Fsp3) is 0.444. The Morgan fingerprint density at radius 3 is 2.89 bits per heavy atom. The summed E-state index contributed by atoms with van der Waals surface area (Å²) in [5, 5.41) is 5.37. The minimum Gasteiger partial charge on any atom is -0.297 e. The molecule has 1 aromatic rings. The first-order valence-corrected chi connectivity index (χ1v) is 7.64. The number of thiazole rings is 1. The number of carbonyl (C=O) groups is 2. The van der Waals surface area contributed by atoms with E-state index in [2.05, 4.69) is 4.98 Å². The van der Waals surface area contributed by atoms with Crippen molar-refractivity contribution in [1.29, 1.82) is 0 Å². The Labute approximate surface area is 108 Å². The lowest BCUT2D eigenvalue weighted by Crippen LogP contribution is -2.27. The molecule has 18 heavy (non-hydrogen) atoms. The molecule has 0 spiro atoms. The maximum Gasteiger partial charge on any atom is 0.229 e. The summed E-state index contributed by atoms with van der Waals surface area (Å²) in [5.41, 5.74) is 0. The summed E-state index contributed by atoms with van der Waals surface area (Å²) >= 11 is 1.10. The average Bonchev–Trinajstić information content (AvgIpc) is 2.82. The van der Waals surface area contributed by atoms with Gasteiger partial charge >= 0.3 is 0 Å². The molecule has 1 saturated heterocycles. The molecule has 1 atom stereocenters. The molecular weight excluding hydrogens is 278 g/mol. The highest BCUT2D eigenvalue weighted by molar-refractivity contribution is 7.89. The number of hydrogen-bond donors (Lipinski definition) is 1. The molecule has 1 aromatic heterocycles. The van der Waals surface area contributed by atoms with Gasteiger partial charge in [-0.2, -0.15) is 0 Å². The van der Waals surface area contributed by atoms with E-state index in [0.29, 0.717) is 16.3 Å². The van der Waals surface area contributed by atoms with Crippen molar-refractivity contribution in [3.63, 3.8) is 0 Å². The standard InChI is InChI=1S/C9H11N3O4S2/c10-18(15,16)5-6-1-8(14)12(3-6)9-11-2-7(4-13)17-9/h2,4,6H,1,3,5H2,(H2,10,15,16). The van der Waals surface area contributed by atoms with Gasteiger partial charge in [-0.15, -0.1) is 0 Å². The van der Waals surface area contributed by atoms with E-state index in [9.17, 15) is 18.0 Å². The SMILES string of the molecule is NS(=O)(=O)CC1CC(=O)N(c2ncc(C=O)s2)C1. The first-order chi connectivity index (χ1) is 8.39. The summed E-state index contributed by atoms with van der Waals surface area (Å²) in [4.78, 5) is 28.1. The third-order valence-corrected chi connectivity index (χ3v) is 4.41. The van der Waals surface area contributed by atoms with Gasteiger partial charge in [-0.05, 0) is 0 Å². The summed E-state index contributed by atoms with van der Waals surface area (Å²) < 4.78 is 22.0. The third kappa shape index (κ3) is 2.92. The third-order valence-electron chi connectivity index (χ3n) is 2.53. The number of anilines is 1. The van der Waals surface area contributed by atoms with Gasteiger partial charge in [0.15, 0.2) is 11.4 Å². The van der Waals surface area contributed by atoms with Crippen molar-refractivity contribution < 1.29 is 18.0 Å². The van der Waals surface area contributed by atoms with Gasteiger partial charge in [0.2, 0.25) is 15.9 Å². The molecule has 9 heteroatoms. The highest BCUT2D eigenvalue weighted by Gasteiger charge is 2.34.